The van der Waals surface area contributed by atoms with Crippen molar-refractivity contribution in [3.63, 3.8) is 0 Å². The molecule has 15 heavy (non-hydrogen) atoms. The molecule has 0 bridgehead atoms. The van der Waals surface area contributed by atoms with E-state index in [2.05, 4.69) is 25.2 Å². The van der Waals surface area contributed by atoms with Crippen LogP contribution >= 0.6 is 0 Å². The monoisotopic (exact) mass is 206 g/mol. The summed E-state index contributed by atoms with van der Waals surface area (Å²) in [5.74, 6) is 0.323. The van der Waals surface area contributed by atoms with Gasteiger partial charge in [0.25, 0.3) is 0 Å². The molecule has 2 rings (SSSR count). The molecule has 2 aliphatic carbocycles. The Kier molecular flexibility index (Phi) is 2.54. The summed E-state index contributed by atoms with van der Waals surface area (Å²) in [6.45, 7) is 6.21. The summed E-state index contributed by atoms with van der Waals surface area (Å²) in [6.07, 6.45) is 11.7. The van der Waals surface area contributed by atoms with Crippen molar-refractivity contribution in [1.82, 2.24) is 0 Å². The molecule has 0 aromatic rings. The molecule has 0 fully saturated rings. The van der Waals surface area contributed by atoms with Gasteiger partial charge >= 0.3 is 0 Å². The molecule has 1 N–H and O–H groups in total. The predicted octanol–water partition coefficient (Wildman–Crippen LogP) is 3.45. The molecule has 0 amide bonds. The van der Waals surface area contributed by atoms with E-state index in [9.17, 15) is 5.11 Å². The molecule has 0 radical (unpaired) electrons. The van der Waals surface area contributed by atoms with E-state index in [0.29, 0.717) is 11.3 Å². The summed E-state index contributed by atoms with van der Waals surface area (Å²) in [7, 11) is 0. The van der Waals surface area contributed by atoms with Crippen LogP contribution in [0, 0.1) is 11.3 Å². The predicted molar refractivity (Wildman–Crippen MR) is 63.6 cm³/mol. The van der Waals surface area contributed by atoms with Gasteiger partial charge in [0.15, 0.2) is 0 Å². The Hall–Kier alpha value is -0.560. The molecule has 0 aromatic heterocycles. The van der Waals surface area contributed by atoms with Crippen LogP contribution < -0.4 is 0 Å². The van der Waals surface area contributed by atoms with Gasteiger partial charge in [-0.05, 0) is 50.5 Å². The number of hydrogen-bond donors (Lipinski definition) is 1. The van der Waals surface area contributed by atoms with Crippen molar-refractivity contribution in [2.24, 2.45) is 11.3 Å². The van der Waals surface area contributed by atoms with Crippen molar-refractivity contribution in [3.8, 4) is 0 Å². The highest BCUT2D eigenvalue weighted by atomic mass is 16.3. The molecule has 0 aliphatic heterocycles. The van der Waals surface area contributed by atoms with Crippen LogP contribution in [0.15, 0.2) is 23.8 Å². The minimum absolute atomic E-state index is 0.323. The molecule has 84 valence electrons. The van der Waals surface area contributed by atoms with Gasteiger partial charge in [-0.15, -0.1) is 0 Å². The van der Waals surface area contributed by atoms with E-state index in [4.69, 9.17) is 0 Å². The van der Waals surface area contributed by atoms with Crippen LogP contribution in [0.2, 0.25) is 0 Å². The number of hydrogen-bond acceptors (Lipinski definition) is 1. The maximum Gasteiger partial charge on any atom is 0.0654 e. The minimum Gasteiger partial charge on any atom is -0.390 e. The zero-order valence-corrected chi connectivity index (χ0v) is 10.1. The second-order valence-corrected chi connectivity index (χ2v) is 5.92. The van der Waals surface area contributed by atoms with E-state index in [1.807, 2.05) is 13.8 Å². The van der Waals surface area contributed by atoms with Crippen molar-refractivity contribution in [2.75, 3.05) is 0 Å². The first-order valence-electron chi connectivity index (χ1n) is 6.03. The first kappa shape index (κ1) is 10.9. The maximum absolute atomic E-state index is 10.0. The molecule has 0 aromatic carbocycles. The van der Waals surface area contributed by atoms with Crippen LogP contribution in [0.4, 0.5) is 0 Å². The van der Waals surface area contributed by atoms with Gasteiger partial charge in [0.2, 0.25) is 0 Å². The Bertz CT molecular complexity index is 306. The number of rotatable bonds is 1. The van der Waals surface area contributed by atoms with Crippen LogP contribution in [0.5, 0.6) is 0 Å². The van der Waals surface area contributed by atoms with Gasteiger partial charge in [0.1, 0.15) is 0 Å². The fourth-order valence-corrected chi connectivity index (χ4v) is 2.82. The van der Waals surface area contributed by atoms with Gasteiger partial charge in [-0.25, -0.2) is 0 Å². The Balaban J connectivity index is 2.29. The van der Waals surface area contributed by atoms with Gasteiger partial charge in [0, 0.05) is 5.92 Å². The summed E-state index contributed by atoms with van der Waals surface area (Å²) in [5.41, 5.74) is 1.27. The molecule has 1 nitrogen and oxygen atoms in total. The van der Waals surface area contributed by atoms with Crippen LogP contribution in [0.3, 0.4) is 0 Å². The number of aliphatic hydroxyl groups is 1. The van der Waals surface area contributed by atoms with Gasteiger partial charge in [-0.1, -0.05) is 25.2 Å². The lowest BCUT2D eigenvalue weighted by atomic mass is 9.64. The van der Waals surface area contributed by atoms with Gasteiger partial charge in [-0.2, -0.15) is 0 Å². The van der Waals surface area contributed by atoms with Crippen LogP contribution in [0.1, 0.15) is 46.5 Å². The third kappa shape index (κ3) is 2.03. The molecule has 1 heteroatoms. The molecule has 1 unspecified atom stereocenters. The highest BCUT2D eigenvalue weighted by Gasteiger charge is 2.37. The Morgan fingerprint density at radius 1 is 1.40 bits per heavy atom. The minimum atomic E-state index is -0.570. The van der Waals surface area contributed by atoms with Crippen LogP contribution in [-0.4, -0.2) is 10.7 Å². The zero-order valence-electron chi connectivity index (χ0n) is 10.1. The molecule has 0 saturated carbocycles. The van der Waals surface area contributed by atoms with Crippen molar-refractivity contribution in [2.45, 2.75) is 52.1 Å². The molecule has 2 atom stereocenters. The summed E-state index contributed by atoms with van der Waals surface area (Å²) in [4.78, 5) is 0. The van der Waals surface area contributed by atoms with Gasteiger partial charge < -0.3 is 5.11 Å². The van der Waals surface area contributed by atoms with Crippen LogP contribution in [-0.2, 0) is 0 Å². The van der Waals surface area contributed by atoms with Crippen molar-refractivity contribution in [1.29, 1.82) is 0 Å². The second kappa shape index (κ2) is 3.48. The van der Waals surface area contributed by atoms with E-state index < -0.39 is 5.60 Å². The number of fused-ring (bicyclic) bond motifs is 1. The van der Waals surface area contributed by atoms with Crippen molar-refractivity contribution >= 4 is 0 Å². The fraction of sp³-hybridized carbons (Fsp3) is 0.714. The average molecular weight is 206 g/mol. The summed E-state index contributed by atoms with van der Waals surface area (Å²) in [5, 5.41) is 10.0. The fourth-order valence-electron chi connectivity index (χ4n) is 2.82. The molecule has 2 aliphatic rings. The summed E-state index contributed by atoms with van der Waals surface area (Å²) in [6, 6.07) is 0. The normalized spacial score (nSPS) is 36.0. The van der Waals surface area contributed by atoms with E-state index in [1.165, 1.54) is 24.8 Å². The lowest BCUT2D eigenvalue weighted by Crippen LogP contribution is -2.35. The third-order valence-electron chi connectivity index (χ3n) is 4.15. The largest absolute Gasteiger partial charge is 0.390 e. The van der Waals surface area contributed by atoms with E-state index in [1.54, 1.807) is 0 Å². The first-order valence-corrected chi connectivity index (χ1v) is 6.03. The lowest BCUT2D eigenvalue weighted by Gasteiger charge is -2.42. The van der Waals surface area contributed by atoms with E-state index in [-0.39, 0.29) is 0 Å². The van der Waals surface area contributed by atoms with Crippen molar-refractivity contribution < 1.29 is 5.11 Å². The second-order valence-electron chi connectivity index (χ2n) is 5.92. The third-order valence-corrected chi connectivity index (χ3v) is 4.15. The molecule has 0 spiro atoms. The molecular formula is C14H22O. The number of allylic oxidation sites excluding steroid dienone is 3. The lowest BCUT2D eigenvalue weighted by molar-refractivity contribution is 0.0241. The Morgan fingerprint density at radius 2 is 2.13 bits per heavy atom. The standard InChI is InChI=1S/C14H22O/c1-13(2,15)11-7-9-14(3)8-5-4-6-12(14)10-11/h4,6,10-11,15H,5,7-9H2,1-3H3/t11?,14-/m0/s1. The topological polar surface area (TPSA) is 20.2 Å². The quantitative estimate of drug-likeness (QED) is 0.696. The highest BCUT2D eigenvalue weighted by Crippen LogP contribution is 2.47. The summed E-state index contributed by atoms with van der Waals surface area (Å²) < 4.78 is 0. The smallest absolute Gasteiger partial charge is 0.0654 e. The molecular weight excluding hydrogens is 184 g/mol. The maximum atomic E-state index is 10.0. The SMILES string of the molecule is CC(C)(O)C1C=C2C=CCC[C@@]2(C)CC1. The molecule has 0 saturated heterocycles. The average Bonchev–Trinajstić information content (AvgIpc) is 2.14. The van der Waals surface area contributed by atoms with Gasteiger partial charge in [0.05, 0.1) is 5.60 Å². The Morgan fingerprint density at radius 3 is 2.80 bits per heavy atom. The van der Waals surface area contributed by atoms with Crippen molar-refractivity contribution in [3.05, 3.63) is 23.8 Å². The molecule has 0 heterocycles. The van der Waals surface area contributed by atoms with E-state index in [0.717, 1.165) is 6.42 Å². The highest BCUT2D eigenvalue weighted by molar-refractivity contribution is 5.32. The van der Waals surface area contributed by atoms with Gasteiger partial charge in [-0.3, -0.25) is 0 Å². The van der Waals surface area contributed by atoms with E-state index >= 15 is 0 Å². The summed E-state index contributed by atoms with van der Waals surface area (Å²) >= 11 is 0. The van der Waals surface area contributed by atoms with Crippen LogP contribution in [0.25, 0.3) is 0 Å². The zero-order chi connectivity index (χ0) is 11.1. The Labute approximate surface area is 92.9 Å². The first-order chi connectivity index (χ1) is 6.92.